The Bertz CT molecular complexity index is 597. The molecule has 0 bridgehead atoms. The standard InChI is InChI=1S/C14H22N4S/c1-8-7-10-11(16-13(15)17-12(10)19-8)18(6)9(2)14(3,4)5/h7,9H,1-6H3,(H2,15,16,17). The molecule has 0 fully saturated rings. The smallest absolute Gasteiger partial charge is 0.223 e. The van der Waals surface area contributed by atoms with E-state index in [1.165, 1.54) is 4.88 Å². The van der Waals surface area contributed by atoms with E-state index in [1.54, 1.807) is 11.3 Å². The molecule has 0 spiro atoms. The lowest BCUT2D eigenvalue weighted by atomic mass is 9.87. The molecule has 5 heteroatoms. The molecule has 0 saturated carbocycles. The molecule has 19 heavy (non-hydrogen) atoms. The van der Waals surface area contributed by atoms with Crippen LogP contribution in [0.1, 0.15) is 32.6 Å². The first-order valence-corrected chi connectivity index (χ1v) is 7.28. The van der Waals surface area contributed by atoms with Gasteiger partial charge in [0.1, 0.15) is 10.6 Å². The first-order valence-electron chi connectivity index (χ1n) is 6.46. The second-order valence-electron chi connectivity index (χ2n) is 6.13. The monoisotopic (exact) mass is 278 g/mol. The van der Waals surface area contributed by atoms with E-state index in [1.807, 2.05) is 0 Å². The molecule has 2 rings (SSSR count). The number of thiophene rings is 1. The Morgan fingerprint density at radius 2 is 1.95 bits per heavy atom. The predicted octanol–water partition coefficient (Wildman–Crippen LogP) is 3.45. The first-order chi connectivity index (χ1) is 8.70. The van der Waals surface area contributed by atoms with Crippen molar-refractivity contribution in [2.24, 2.45) is 5.41 Å². The number of fused-ring (bicyclic) bond motifs is 1. The molecule has 0 radical (unpaired) electrons. The van der Waals surface area contributed by atoms with Gasteiger partial charge in [0, 0.05) is 18.0 Å². The summed E-state index contributed by atoms with van der Waals surface area (Å²) in [4.78, 5) is 13.2. The molecule has 1 atom stereocenters. The lowest BCUT2D eigenvalue weighted by Crippen LogP contribution is -2.40. The van der Waals surface area contributed by atoms with Crippen LogP contribution in [0.3, 0.4) is 0 Å². The van der Waals surface area contributed by atoms with Crippen LogP contribution in [0.5, 0.6) is 0 Å². The molecule has 4 nitrogen and oxygen atoms in total. The van der Waals surface area contributed by atoms with Crippen molar-refractivity contribution in [1.29, 1.82) is 0 Å². The van der Waals surface area contributed by atoms with E-state index >= 15 is 0 Å². The summed E-state index contributed by atoms with van der Waals surface area (Å²) in [7, 11) is 2.07. The summed E-state index contributed by atoms with van der Waals surface area (Å²) in [6, 6.07) is 2.49. The highest BCUT2D eigenvalue weighted by Crippen LogP contribution is 2.34. The second kappa shape index (κ2) is 4.63. The molecule has 0 aliphatic heterocycles. The van der Waals surface area contributed by atoms with Gasteiger partial charge in [0.2, 0.25) is 5.95 Å². The van der Waals surface area contributed by atoms with E-state index in [4.69, 9.17) is 5.73 Å². The van der Waals surface area contributed by atoms with Crippen molar-refractivity contribution < 1.29 is 0 Å². The number of nitrogens with zero attached hydrogens (tertiary/aromatic N) is 3. The van der Waals surface area contributed by atoms with E-state index < -0.39 is 0 Å². The van der Waals surface area contributed by atoms with Crippen molar-refractivity contribution >= 4 is 33.3 Å². The molecule has 1 unspecified atom stereocenters. The summed E-state index contributed by atoms with van der Waals surface area (Å²) in [5.74, 6) is 1.27. The maximum absolute atomic E-state index is 5.84. The molecular formula is C14H22N4S. The summed E-state index contributed by atoms with van der Waals surface area (Å²) in [6.07, 6.45) is 0. The van der Waals surface area contributed by atoms with Crippen LogP contribution >= 0.6 is 11.3 Å². The third kappa shape index (κ3) is 2.66. The molecule has 0 amide bonds. The van der Waals surface area contributed by atoms with Crippen LogP contribution in [0.25, 0.3) is 10.2 Å². The van der Waals surface area contributed by atoms with Crippen molar-refractivity contribution in [1.82, 2.24) is 9.97 Å². The van der Waals surface area contributed by atoms with Gasteiger partial charge in [0.15, 0.2) is 0 Å². The lowest BCUT2D eigenvalue weighted by molar-refractivity contribution is 0.329. The minimum absolute atomic E-state index is 0.172. The van der Waals surface area contributed by atoms with Gasteiger partial charge in [-0.25, -0.2) is 4.98 Å². The van der Waals surface area contributed by atoms with E-state index in [-0.39, 0.29) is 5.41 Å². The van der Waals surface area contributed by atoms with Gasteiger partial charge in [-0.15, -0.1) is 11.3 Å². The van der Waals surface area contributed by atoms with Gasteiger partial charge in [-0.3, -0.25) is 0 Å². The molecule has 2 aromatic heterocycles. The minimum Gasteiger partial charge on any atom is -0.368 e. The fourth-order valence-corrected chi connectivity index (χ4v) is 2.96. The zero-order chi connectivity index (χ0) is 14.4. The molecule has 2 N–H and O–H groups in total. The normalized spacial score (nSPS) is 13.8. The maximum Gasteiger partial charge on any atom is 0.223 e. The van der Waals surface area contributed by atoms with Crippen LogP contribution in [0.4, 0.5) is 11.8 Å². The molecule has 0 aliphatic rings. The Hall–Kier alpha value is -1.36. The van der Waals surface area contributed by atoms with Crippen molar-refractivity contribution in [3.8, 4) is 0 Å². The van der Waals surface area contributed by atoms with Crippen LogP contribution in [0.2, 0.25) is 0 Å². The molecular weight excluding hydrogens is 256 g/mol. The molecule has 2 aromatic rings. The van der Waals surface area contributed by atoms with Gasteiger partial charge >= 0.3 is 0 Å². The van der Waals surface area contributed by atoms with Crippen molar-refractivity contribution in [3.63, 3.8) is 0 Å². The zero-order valence-electron chi connectivity index (χ0n) is 12.5. The Morgan fingerprint density at radius 3 is 2.53 bits per heavy atom. The Morgan fingerprint density at radius 1 is 1.32 bits per heavy atom. The lowest BCUT2D eigenvalue weighted by Gasteiger charge is -2.36. The Labute approximate surface area is 118 Å². The summed E-state index contributed by atoms with van der Waals surface area (Å²) < 4.78 is 0. The van der Waals surface area contributed by atoms with E-state index in [0.29, 0.717) is 12.0 Å². The quantitative estimate of drug-likeness (QED) is 0.914. The van der Waals surface area contributed by atoms with E-state index in [2.05, 4.69) is 62.6 Å². The summed E-state index contributed by atoms with van der Waals surface area (Å²) >= 11 is 1.66. The number of nitrogen functional groups attached to an aromatic ring is 1. The number of rotatable bonds is 2. The molecule has 0 saturated heterocycles. The fraction of sp³-hybridized carbons (Fsp3) is 0.571. The van der Waals surface area contributed by atoms with Gasteiger partial charge < -0.3 is 10.6 Å². The zero-order valence-corrected chi connectivity index (χ0v) is 13.3. The SMILES string of the molecule is Cc1cc2c(N(C)C(C)C(C)(C)C)nc(N)nc2s1. The summed E-state index contributed by atoms with van der Waals surface area (Å²) in [5.41, 5.74) is 6.01. The number of nitrogens with two attached hydrogens (primary N) is 1. The number of hydrogen-bond acceptors (Lipinski definition) is 5. The van der Waals surface area contributed by atoms with Gasteiger partial charge in [-0.05, 0) is 25.3 Å². The number of aryl methyl sites for hydroxylation is 1. The highest BCUT2D eigenvalue weighted by atomic mass is 32.1. The van der Waals surface area contributed by atoms with Crippen molar-refractivity contribution in [2.45, 2.75) is 40.7 Å². The van der Waals surface area contributed by atoms with Gasteiger partial charge in [-0.1, -0.05) is 20.8 Å². The van der Waals surface area contributed by atoms with Crippen LogP contribution in [-0.4, -0.2) is 23.1 Å². The average molecular weight is 278 g/mol. The molecule has 0 aliphatic carbocycles. The third-order valence-electron chi connectivity index (χ3n) is 3.68. The largest absolute Gasteiger partial charge is 0.368 e. The van der Waals surface area contributed by atoms with Crippen LogP contribution in [0.15, 0.2) is 6.07 Å². The topological polar surface area (TPSA) is 55.0 Å². The van der Waals surface area contributed by atoms with Crippen LogP contribution < -0.4 is 10.6 Å². The third-order valence-corrected chi connectivity index (χ3v) is 4.63. The number of anilines is 2. The van der Waals surface area contributed by atoms with Crippen molar-refractivity contribution in [2.75, 3.05) is 17.7 Å². The van der Waals surface area contributed by atoms with E-state index in [9.17, 15) is 0 Å². The number of aromatic nitrogens is 2. The fourth-order valence-electron chi connectivity index (χ4n) is 2.08. The average Bonchev–Trinajstić information content (AvgIpc) is 2.64. The Kier molecular flexibility index (Phi) is 3.43. The second-order valence-corrected chi connectivity index (χ2v) is 7.37. The minimum atomic E-state index is 0.172. The van der Waals surface area contributed by atoms with Crippen LogP contribution in [0, 0.1) is 12.3 Å². The van der Waals surface area contributed by atoms with Crippen LogP contribution in [-0.2, 0) is 0 Å². The molecule has 2 heterocycles. The molecule has 104 valence electrons. The van der Waals surface area contributed by atoms with Gasteiger partial charge in [-0.2, -0.15) is 4.98 Å². The number of hydrogen-bond donors (Lipinski definition) is 1. The summed E-state index contributed by atoms with van der Waals surface area (Å²) in [6.45, 7) is 11.0. The van der Waals surface area contributed by atoms with Gasteiger partial charge in [0.25, 0.3) is 0 Å². The predicted molar refractivity (Wildman–Crippen MR) is 83.9 cm³/mol. The van der Waals surface area contributed by atoms with Gasteiger partial charge in [0.05, 0.1) is 5.39 Å². The first kappa shape index (κ1) is 14.1. The highest BCUT2D eigenvalue weighted by Gasteiger charge is 2.26. The van der Waals surface area contributed by atoms with E-state index in [0.717, 1.165) is 16.0 Å². The maximum atomic E-state index is 5.84. The summed E-state index contributed by atoms with van der Waals surface area (Å²) in [5, 5.41) is 1.09. The highest BCUT2D eigenvalue weighted by molar-refractivity contribution is 7.18. The van der Waals surface area contributed by atoms with Crippen molar-refractivity contribution in [3.05, 3.63) is 10.9 Å². The Balaban J connectivity index is 2.55. The molecule has 0 aromatic carbocycles.